The van der Waals surface area contributed by atoms with Crippen molar-refractivity contribution in [3.63, 3.8) is 0 Å². The lowest BCUT2D eigenvalue weighted by atomic mass is 10.0. The average molecular weight is 455 g/mol. The summed E-state index contributed by atoms with van der Waals surface area (Å²) in [6.07, 6.45) is 0. The third-order valence-corrected chi connectivity index (χ3v) is 5.64. The molecule has 0 saturated carbocycles. The van der Waals surface area contributed by atoms with Crippen molar-refractivity contribution in [3.05, 3.63) is 58.1 Å². The lowest BCUT2D eigenvalue weighted by molar-refractivity contribution is 0.115. The minimum Gasteiger partial charge on any atom is -0.494 e. The largest absolute Gasteiger partial charge is 0.494 e. The molecule has 1 aliphatic rings. The summed E-state index contributed by atoms with van der Waals surface area (Å²) in [6, 6.07) is 13.6. The van der Waals surface area contributed by atoms with Crippen LogP contribution in [0.5, 0.6) is 5.88 Å². The Morgan fingerprint density at radius 1 is 1.17 bits per heavy atom. The molecule has 150 valence electrons. The lowest BCUT2D eigenvalue weighted by Crippen LogP contribution is -2.26. The van der Waals surface area contributed by atoms with Crippen LogP contribution < -0.4 is 0 Å². The second-order valence-corrected chi connectivity index (χ2v) is 7.73. The molecule has 0 aliphatic carbocycles. The molecule has 6 nitrogen and oxygen atoms in total. The Balaban J connectivity index is 1.71. The van der Waals surface area contributed by atoms with Crippen LogP contribution in [0.3, 0.4) is 0 Å². The van der Waals surface area contributed by atoms with Crippen molar-refractivity contribution in [2.24, 2.45) is 10.1 Å². The van der Waals surface area contributed by atoms with Crippen LogP contribution in [0.2, 0.25) is 0 Å². The normalized spacial score (nSPS) is 14.6. The number of aromatic nitrogens is 1. The van der Waals surface area contributed by atoms with E-state index in [1.807, 2.05) is 42.5 Å². The van der Waals surface area contributed by atoms with Gasteiger partial charge in [-0.15, -0.1) is 0 Å². The molecule has 0 radical (unpaired) electrons. The van der Waals surface area contributed by atoms with E-state index in [1.54, 1.807) is 0 Å². The van der Waals surface area contributed by atoms with Gasteiger partial charge in [-0.1, -0.05) is 59.2 Å². The van der Waals surface area contributed by atoms with Crippen LogP contribution >= 0.6 is 15.9 Å². The van der Waals surface area contributed by atoms with Crippen molar-refractivity contribution in [3.8, 4) is 5.88 Å². The van der Waals surface area contributed by atoms with Gasteiger partial charge in [-0.2, -0.15) is 0 Å². The Kier molecular flexibility index (Phi) is 5.69. The van der Waals surface area contributed by atoms with Gasteiger partial charge in [-0.05, 0) is 31.3 Å². The molecular formula is C22H23BrN4O2. The van der Waals surface area contributed by atoms with Crippen molar-refractivity contribution in [1.29, 1.82) is 0 Å². The van der Waals surface area contributed by atoms with Crippen molar-refractivity contribution in [2.45, 2.75) is 13.8 Å². The van der Waals surface area contributed by atoms with Gasteiger partial charge in [0.05, 0.1) is 16.8 Å². The Bertz CT molecular complexity index is 1100. The molecule has 0 bridgehead atoms. The van der Waals surface area contributed by atoms with Crippen molar-refractivity contribution in [1.82, 2.24) is 9.88 Å². The number of nitrogens with one attached hydrogen (secondary N) is 1. The van der Waals surface area contributed by atoms with Crippen molar-refractivity contribution in [2.75, 3.05) is 26.2 Å². The molecule has 4 rings (SSSR count). The number of aromatic amines is 1. The van der Waals surface area contributed by atoms with E-state index in [0.717, 1.165) is 46.3 Å². The minimum atomic E-state index is 0.0699. The van der Waals surface area contributed by atoms with Crippen molar-refractivity contribution >= 4 is 43.9 Å². The molecule has 1 aliphatic heterocycles. The van der Waals surface area contributed by atoms with Gasteiger partial charge < -0.3 is 19.8 Å². The van der Waals surface area contributed by atoms with E-state index in [4.69, 9.17) is 9.83 Å². The Hall–Kier alpha value is -2.64. The number of aromatic hydroxyl groups is 1. The molecule has 2 heterocycles. The topological polar surface area (TPSA) is 73.2 Å². The summed E-state index contributed by atoms with van der Waals surface area (Å²) in [7, 11) is 0. The van der Waals surface area contributed by atoms with E-state index in [0.29, 0.717) is 23.6 Å². The molecule has 7 heteroatoms. The Morgan fingerprint density at radius 3 is 2.76 bits per heavy atom. The van der Waals surface area contributed by atoms with Gasteiger partial charge in [0.25, 0.3) is 0 Å². The predicted octanol–water partition coefficient (Wildman–Crippen LogP) is 4.83. The Morgan fingerprint density at radius 2 is 1.97 bits per heavy atom. The van der Waals surface area contributed by atoms with Gasteiger partial charge >= 0.3 is 0 Å². The summed E-state index contributed by atoms with van der Waals surface area (Å²) in [6.45, 7) is 7.52. The van der Waals surface area contributed by atoms with E-state index in [-0.39, 0.29) is 5.88 Å². The van der Waals surface area contributed by atoms with Gasteiger partial charge in [0.15, 0.2) is 5.88 Å². The second-order valence-electron chi connectivity index (χ2n) is 6.82. The average Bonchev–Trinajstić information content (AvgIpc) is 3.24. The number of H-pyrrole nitrogens is 1. The zero-order valence-electron chi connectivity index (χ0n) is 16.4. The quantitative estimate of drug-likeness (QED) is 0.396. The smallest absolute Gasteiger partial charge is 0.199 e. The molecular weight excluding hydrogens is 432 g/mol. The molecule has 0 saturated heterocycles. The molecule has 1 aromatic heterocycles. The first kappa shape index (κ1) is 19.7. The maximum absolute atomic E-state index is 10.6. The van der Waals surface area contributed by atoms with E-state index in [1.165, 1.54) is 0 Å². The van der Waals surface area contributed by atoms with Gasteiger partial charge in [-0.3, -0.25) is 0 Å². The number of oxime groups is 1. The summed E-state index contributed by atoms with van der Waals surface area (Å²) >= 11 is 3.47. The van der Waals surface area contributed by atoms with Crippen LogP contribution in [0.15, 0.2) is 57.1 Å². The number of nitrogens with zero attached hydrogens (tertiary/aromatic N) is 3. The van der Waals surface area contributed by atoms with Gasteiger partial charge in [-0.25, -0.2) is 4.99 Å². The highest BCUT2D eigenvalue weighted by Gasteiger charge is 2.29. The molecule has 0 spiro atoms. The first-order valence-corrected chi connectivity index (χ1v) is 10.5. The number of hydrogen-bond acceptors (Lipinski definition) is 5. The molecule has 2 N–H and O–H groups in total. The molecule has 3 aromatic rings. The number of rotatable bonds is 7. The number of hydrogen-bond donors (Lipinski definition) is 2. The van der Waals surface area contributed by atoms with Gasteiger partial charge in [0.2, 0.25) is 0 Å². The lowest BCUT2D eigenvalue weighted by Gasteiger charge is -2.16. The maximum Gasteiger partial charge on any atom is 0.199 e. The van der Waals surface area contributed by atoms with Crippen molar-refractivity contribution < 1.29 is 9.94 Å². The fourth-order valence-corrected chi connectivity index (χ4v) is 3.92. The maximum atomic E-state index is 10.6. The number of halogens is 1. The predicted molar refractivity (Wildman–Crippen MR) is 121 cm³/mol. The minimum absolute atomic E-state index is 0.0699. The first-order chi connectivity index (χ1) is 14.1. The van der Waals surface area contributed by atoms with E-state index in [9.17, 15) is 5.11 Å². The number of benzene rings is 2. The van der Waals surface area contributed by atoms with Crippen LogP contribution in [-0.4, -0.2) is 52.7 Å². The highest BCUT2D eigenvalue weighted by molar-refractivity contribution is 9.10. The fraction of sp³-hybridized carbons (Fsp3) is 0.273. The zero-order chi connectivity index (χ0) is 20.4. The number of likely N-dealkylation sites (N-methyl/N-ethyl adjacent to an activating group) is 1. The number of para-hydroxylation sites is 1. The number of aliphatic imine (C=N–C) groups is 1. The summed E-state index contributed by atoms with van der Waals surface area (Å²) in [4.78, 5) is 15.7. The van der Waals surface area contributed by atoms with E-state index in [2.05, 4.69) is 44.8 Å². The monoisotopic (exact) mass is 454 g/mol. The van der Waals surface area contributed by atoms with Crippen LogP contribution in [0.4, 0.5) is 5.69 Å². The molecule has 2 aromatic carbocycles. The molecule has 0 fully saturated rings. The summed E-state index contributed by atoms with van der Waals surface area (Å²) in [5, 5.41) is 16.0. The van der Waals surface area contributed by atoms with Crippen LogP contribution in [-0.2, 0) is 4.84 Å². The molecule has 0 amide bonds. The zero-order valence-corrected chi connectivity index (χ0v) is 18.0. The van der Waals surface area contributed by atoms with Gasteiger partial charge in [0.1, 0.15) is 18.0 Å². The SMILES string of the molecule is CCN(CC)CCO/N=C1\C(c2c(O)[nH]c3cc(Br)ccc23)=Nc2ccccc21. The second kappa shape index (κ2) is 8.39. The molecule has 0 unspecified atom stereocenters. The van der Waals surface area contributed by atoms with E-state index >= 15 is 0 Å². The first-order valence-electron chi connectivity index (χ1n) is 9.73. The fourth-order valence-electron chi connectivity index (χ4n) is 3.55. The third kappa shape index (κ3) is 3.80. The highest BCUT2D eigenvalue weighted by atomic mass is 79.9. The summed E-state index contributed by atoms with van der Waals surface area (Å²) in [5.74, 6) is 0.0699. The summed E-state index contributed by atoms with van der Waals surface area (Å²) in [5.41, 5.74) is 4.43. The highest BCUT2D eigenvalue weighted by Crippen LogP contribution is 2.36. The van der Waals surface area contributed by atoms with E-state index < -0.39 is 0 Å². The van der Waals surface area contributed by atoms with Crippen LogP contribution in [0.1, 0.15) is 25.0 Å². The molecule has 0 atom stereocenters. The van der Waals surface area contributed by atoms with Gasteiger partial charge in [0, 0.05) is 22.0 Å². The number of fused-ring (bicyclic) bond motifs is 2. The molecule has 29 heavy (non-hydrogen) atoms. The van der Waals surface area contributed by atoms with Crippen LogP contribution in [0, 0.1) is 0 Å². The standard InChI is InChI=1S/C22H23BrN4O2/c1-3-27(4-2)11-12-29-26-20-16-7-5-6-8-17(16)24-21(20)19-15-10-9-14(23)13-18(15)25-22(19)28/h5-10,13,25,28H,3-4,11-12H2,1-2H3/b26-20-. The summed E-state index contributed by atoms with van der Waals surface area (Å²) < 4.78 is 0.933. The Labute approximate surface area is 178 Å². The van der Waals surface area contributed by atoms with Crippen LogP contribution in [0.25, 0.3) is 10.9 Å². The third-order valence-electron chi connectivity index (χ3n) is 5.14.